The number of amides is 1. The van der Waals surface area contributed by atoms with Crippen LogP contribution >= 0.6 is 0 Å². The Bertz CT molecular complexity index is 637. The van der Waals surface area contributed by atoms with Crippen molar-refractivity contribution in [1.82, 2.24) is 10.3 Å². The van der Waals surface area contributed by atoms with Crippen LogP contribution in [0.25, 0.3) is 0 Å². The number of hydrogen-bond donors (Lipinski definition) is 3. The Morgan fingerprint density at radius 3 is 2.52 bits per heavy atom. The first kappa shape index (κ1) is 15.0. The number of rotatable bonds is 4. The van der Waals surface area contributed by atoms with Crippen LogP contribution in [0, 0.1) is 13.8 Å². The summed E-state index contributed by atoms with van der Waals surface area (Å²) in [4.78, 5) is 16.5. The fraction of sp³-hybridized carbons (Fsp3) is 0.250. The van der Waals surface area contributed by atoms with Gasteiger partial charge in [-0.05, 0) is 32.4 Å². The average molecular weight is 284 g/mol. The lowest BCUT2D eigenvalue weighted by Crippen LogP contribution is -2.28. The number of hydrazine groups is 1. The summed E-state index contributed by atoms with van der Waals surface area (Å²) in [5, 5.41) is 2.95. The van der Waals surface area contributed by atoms with Crippen LogP contribution in [0.4, 0.5) is 5.69 Å². The highest BCUT2D eigenvalue weighted by atomic mass is 16.1. The van der Waals surface area contributed by atoms with Crippen LogP contribution < -0.4 is 16.6 Å². The van der Waals surface area contributed by atoms with Crippen molar-refractivity contribution in [1.29, 1.82) is 0 Å². The van der Waals surface area contributed by atoms with E-state index >= 15 is 0 Å². The molecular formula is C16H20N4O. The van der Waals surface area contributed by atoms with Gasteiger partial charge in [0, 0.05) is 11.9 Å². The SMILES string of the molecule is Cc1ccc(C(C)NC(=O)c2cnc(C)cc2NN)cc1. The van der Waals surface area contributed by atoms with Crippen molar-refractivity contribution in [3.8, 4) is 0 Å². The van der Waals surface area contributed by atoms with Gasteiger partial charge < -0.3 is 10.7 Å². The Labute approximate surface area is 124 Å². The molecule has 0 saturated carbocycles. The minimum Gasteiger partial charge on any atom is -0.345 e. The lowest BCUT2D eigenvalue weighted by atomic mass is 10.1. The molecule has 1 aromatic carbocycles. The third-order valence-corrected chi connectivity index (χ3v) is 3.37. The Morgan fingerprint density at radius 2 is 1.90 bits per heavy atom. The van der Waals surface area contributed by atoms with Gasteiger partial charge >= 0.3 is 0 Å². The molecule has 110 valence electrons. The van der Waals surface area contributed by atoms with Crippen LogP contribution in [0.5, 0.6) is 0 Å². The summed E-state index contributed by atoms with van der Waals surface area (Å²) < 4.78 is 0. The molecule has 4 N–H and O–H groups in total. The van der Waals surface area contributed by atoms with Gasteiger partial charge in [-0.3, -0.25) is 15.6 Å². The molecule has 2 aromatic rings. The lowest BCUT2D eigenvalue weighted by molar-refractivity contribution is 0.0940. The van der Waals surface area contributed by atoms with Crippen molar-refractivity contribution in [3.63, 3.8) is 0 Å². The number of nitrogen functional groups attached to an aromatic ring is 1. The molecule has 1 heterocycles. The van der Waals surface area contributed by atoms with Crippen LogP contribution in [0.15, 0.2) is 36.5 Å². The fourth-order valence-electron chi connectivity index (χ4n) is 2.07. The summed E-state index contributed by atoms with van der Waals surface area (Å²) in [6, 6.07) is 9.72. The van der Waals surface area contributed by atoms with Crippen molar-refractivity contribution in [3.05, 3.63) is 58.9 Å². The molecule has 2 rings (SSSR count). The second-order valence-corrected chi connectivity index (χ2v) is 5.12. The van der Waals surface area contributed by atoms with Crippen molar-refractivity contribution >= 4 is 11.6 Å². The monoisotopic (exact) mass is 284 g/mol. The minimum atomic E-state index is -0.205. The molecule has 0 spiro atoms. The van der Waals surface area contributed by atoms with Crippen LogP contribution in [0.3, 0.4) is 0 Å². The smallest absolute Gasteiger partial charge is 0.255 e. The number of anilines is 1. The highest BCUT2D eigenvalue weighted by molar-refractivity contribution is 5.99. The molecule has 21 heavy (non-hydrogen) atoms. The van der Waals surface area contributed by atoms with Crippen LogP contribution in [0.1, 0.15) is 40.1 Å². The molecule has 5 nitrogen and oxygen atoms in total. The fourth-order valence-corrected chi connectivity index (χ4v) is 2.07. The van der Waals surface area contributed by atoms with E-state index in [4.69, 9.17) is 5.84 Å². The average Bonchev–Trinajstić information content (AvgIpc) is 2.47. The standard InChI is InChI=1S/C16H20N4O/c1-10-4-6-13(7-5-10)12(3)19-16(21)14-9-18-11(2)8-15(14)20-17/h4-9,12H,17H2,1-3H3,(H,18,20)(H,19,21). The number of aryl methyl sites for hydroxylation is 2. The van der Waals surface area contributed by atoms with E-state index in [0.29, 0.717) is 11.3 Å². The van der Waals surface area contributed by atoms with Crippen LogP contribution in [-0.4, -0.2) is 10.9 Å². The summed E-state index contributed by atoms with van der Waals surface area (Å²) in [5.74, 6) is 5.25. The number of benzene rings is 1. The molecule has 5 heteroatoms. The predicted molar refractivity (Wildman–Crippen MR) is 83.8 cm³/mol. The molecule has 0 aliphatic rings. The normalized spacial score (nSPS) is 11.8. The van der Waals surface area contributed by atoms with E-state index in [2.05, 4.69) is 15.7 Å². The van der Waals surface area contributed by atoms with Crippen LogP contribution in [0.2, 0.25) is 0 Å². The zero-order chi connectivity index (χ0) is 15.4. The number of hydrogen-bond acceptors (Lipinski definition) is 4. The Kier molecular flexibility index (Phi) is 4.55. The molecule has 0 aliphatic carbocycles. The van der Waals surface area contributed by atoms with Crippen molar-refractivity contribution < 1.29 is 4.79 Å². The van der Waals surface area contributed by atoms with E-state index in [0.717, 1.165) is 11.3 Å². The summed E-state index contributed by atoms with van der Waals surface area (Å²) in [7, 11) is 0. The van der Waals surface area contributed by atoms with Gasteiger partial charge in [-0.1, -0.05) is 29.8 Å². The first-order valence-electron chi connectivity index (χ1n) is 6.82. The number of nitrogens with one attached hydrogen (secondary N) is 2. The van der Waals surface area contributed by atoms with Crippen molar-refractivity contribution in [2.45, 2.75) is 26.8 Å². The van der Waals surface area contributed by atoms with Gasteiger partial charge in [-0.15, -0.1) is 0 Å². The van der Waals surface area contributed by atoms with Gasteiger partial charge in [0.15, 0.2) is 0 Å². The third kappa shape index (κ3) is 3.58. The minimum absolute atomic E-state index is 0.0926. The number of carbonyl (C=O) groups is 1. The quantitative estimate of drug-likeness (QED) is 0.595. The largest absolute Gasteiger partial charge is 0.345 e. The third-order valence-electron chi connectivity index (χ3n) is 3.37. The molecular weight excluding hydrogens is 264 g/mol. The Balaban J connectivity index is 2.16. The number of nitrogens with zero attached hydrogens (tertiary/aromatic N) is 1. The number of nitrogens with two attached hydrogens (primary N) is 1. The van der Waals surface area contributed by atoms with Gasteiger partial charge in [0.05, 0.1) is 17.3 Å². The lowest BCUT2D eigenvalue weighted by Gasteiger charge is -2.16. The Morgan fingerprint density at radius 1 is 1.24 bits per heavy atom. The summed E-state index contributed by atoms with van der Waals surface area (Å²) >= 11 is 0. The van der Waals surface area contributed by atoms with Crippen molar-refractivity contribution in [2.24, 2.45) is 5.84 Å². The van der Waals surface area contributed by atoms with Crippen LogP contribution in [-0.2, 0) is 0 Å². The predicted octanol–water partition coefficient (Wildman–Crippen LogP) is 2.48. The first-order chi connectivity index (χ1) is 10.0. The van der Waals surface area contributed by atoms with Gasteiger partial charge in [0.2, 0.25) is 0 Å². The van der Waals surface area contributed by atoms with E-state index in [1.165, 1.54) is 11.8 Å². The summed E-state index contributed by atoms with van der Waals surface area (Å²) in [6.45, 7) is 5.82. The van der Waals surface area contributed by atoms with Gasteiger partial charge in [-0.25, -0.2) is 0 Å². The van der Waals surface area contributed by atoms with E-state index in [-0.39, 0.29) is 11.9 Å². The maximum absolute atomic E-state index is 12.3. The maximum atomic E-state index is 12.3. The van der Waals surface area contributed by atoms with E-state index < -0.39 is 0 Å². The van der Waals surface area contributed by atoms with E-state index in [9.17, 15) is 4.79 Å². The topological polar surface area (TPSA) is 80.0 Å². The summed E-state index contributed by atoms with van der Waals surface area (Å²) in [5.41, 5.74) is 6.57. The number of pyridine rings is 1. The molecule has 1 amide bonds. The highest BCUT2D eigenvalue weighted by Gasteiger charge is 2.15. The van der Waals surface area contributed by atoms with E-state index in [1.54, 1.807) is 6.07 Å². The molecule has 0 saturated heterocycles. The van der Waals surface area contributed by atoms with Gasteiger partial charge in [0.25, 0.3) is 5.91 Å². The zero-order valence-electron chi connectivity index (χ0n) is 12.5. The van der Waals surface area contributed by atoms with E-state index in [1.807, 2.05) is 45.0 Å². The second-order valence-electron chi connectivity index (χ2n) is 5.12. The molecule has 0 radical (unpaired) electrons. The second kappa shape index (κ2) is 6.37. The zero-order valence-corrected chi connectivity index (χ0v) is 12.5. The van der Waals surface area contributed by atoms with Gasteiger partial charge in [-0.2, -0.15) is 0 Å². The maximum Gasteiger partial charge on any atom is 0.255 e. The summed E-state index contributed by atoms with van der Waals surface area (Å²) in [6.07, 6.45) is 1.53. The molecule has 0 fully saturated rings. The molecule has 1 unspecified atom stereocenters. The number of carbonyl (C=O) groups excluding carboxylic acids is 1. The van der Waals surface area contributed by atoms with Gasteiger partial charge in [0.1, 0.15) is 0 Å². The molecule has 1 aromatic heterocycles. The first-order valence-corrected chi connectivity index (χ1v) is 6.82. The molecule has 1 atom stereocenters. The molecule has 0 aliphatic heterocycles. The highest BCUT2D eigenvalue weighted by Crippen LogP contribution is 2.17. The number of aromatic nitrogens is 1. The molecule has 0 bridgehead atoms. The Hall–Kier alpha value is -2.40. The van der Waals surface area contributed by atoms with Crippen molar-refractivity contribution in [2.75, 3.05) is 5.43 Å².